The number of amides is 2. The topological polar surface area (TPSA) is 76.7 Å². The minimum Gasteiger partial charge on any atom is -0.495 e. The van der Waals surface area contributed by atoms with Gasteiger partial charge in [0.25, 0.3) is 11.8 Å². The first kappa shape index (κ1) is 19.5. The van der Waals surface area contributed by atoms with Crippen LogP contribution in [0.15, 0.2) is 53.5 Å². The van der Waals surface area contributed by atoms with E-state index in [-0.39, 0.29) is 5.91 Å². The minimum atomic E-state index is -0.391. The molecule has 2 amide bonds. The van der Waals surface area contributed by atoms with Crippen LogP contribution < -0.4 is 20.1 Å². The summed E-state index contributed by atoms with van der Waals surface area (Å²) in [4.78, 5) is 24.9. The first-order valence-corrected chi connectivity index (χ1v) is 8.52. The molecule has 0 radical (unpaired) electrons. The molecule has 0 spiro atoms. The predicted octanol–water partition coefficient (Wildman–Crippen LogP) is 3.63. The summed E-state index contributed by atoms with van der Waals surface area (Å²) in [5.41, 5.74) is 1.10. The zero-order chi connectivity index (χ0) is 19.1. The third kappa shape index (κ3) is 4.43. The Kier molecular flexibility index (Phi) is 6.80. The molecule has 136 valence electrons. The molecule has 0 bridgehead atoms. The van der Waals surface area contributed by atoms with Gasteiger partial charge in [0, 0.05) is 12.1 Å². The zero-order valence-electron chi connectivity index (χ0n) is 14.5. The van der Waals surface area contributed by atoms with Gasteiger partial charge in [0.1, 0.15) is 16.0 Å². The van der Waals surface area contributed by atoms with Gasteiger partial charge in [-0.3, -0.25) is 9.59 Å². The van der Waals surface area contributed by atoms with Crippen LogP contribution in [0.25, 0.3) is 0 Å². The Morgan fingerprint density at radius 1 is 1.12 bits per heavy atom. The summed E-state index contributed by atoms with van der Waals surface area (Å²) in [7, 11) is 3.00. The number of hydrogen-bond acceptors (Lipinski definition) is 4. The highest BCUT2D eigenvalue weighted by Crippen LogP contribution is 2.35. The highest BCUT2D eigenvalue weighted by Gasteiger charge is 2.17. The van der Waals surface area contributed by atoms with Crippen molar-refractivity contribution in [2.45, 2.75) is 0 Å². The number of benzene rings is 2. The number of carbonyl (C=O) groups excluding carboxylic acids is 2. The highest BCUT2D eigenvalue weighted by atomic mass is 79.9. The fourth-order valence-electron chi connectivity index (χ4n) is 2.25. The second-order valence-electron chi connectivity index (χ2n) is 5.19. The Balaban J connectivity index is 2.31. The summed E-state index contributed by atoms with van der Waals surface area (Å²) in [6.07, 6.45) is 1.58. The zero-order valence-corrected chi connectivity index (χ0v) is 16.1. The van der Waals surface area contributed by atoms with Gasteiger partial charge in [-0.15, -0.1) is 6.58 Å². The molecule has 0 saturated heterocycles. The lowest BCUT2D eigenvalue weighted by Crippen LogP contribution is -2.25. The molecule has 7 heteroatoms. The quantitative estimate of drug-likeness (QED) is 0.672. The lowest BCUT2D eigenvalue weighted by Gasteiger charge is -2.13. The van der Waals surface area contributed by atoms with E-state index >= 15 is 0 Å². The molecule has 26 heavy (non-hydrogen) atoms. The number of methoxy groups -OCH3 is 2. The molecule has 0 saturated carbocycles. The van der Waals surface area contributed by atoms with Gasteiger partial charge in [-0.05, 0) is 40.2 Å². The fraction of sp³-hybridized carbons (Fsp3) is 0.158. The molecule has 6 nitrogen and oxygen atoms in total. The Morgan fingerprint density at radius 3 is 2.31 bits per heavy atom. The van der Waals surface area contributed by atoms with Crippen LogP contribution in [0.2, 0.25) is 0 Å². The van der Waals surface area contributed by atoms with E-state index in [9.17, 15) is 9.59 Å². The van der Waals surface area contributed by atoms with Crippen molar-refractivity contribution >= 4 is 33.4 Å². The second-order valence-corrected chi connectivity index (χ2v) is 5.99. The summed E-state index contributed by atoms with van der Waals surface area (Å²) in [6.45, 7) is 3.90. The van der Waals surface area contributed by atoms with Crippen molar-refractivity contribution in [3.05, 3.63) is 64.7 Å². The van der Waals surface area contributed by atoms with Crippen LogP contribution >= 0.6 is 15.9 Å². The van der Waals surface area contributed by atoms with Gasteiger partial charge in [0.05, 0.1) is 25.5 Å². The summed E-state index contributed by atoms with van der Waals surface area (Å²) in [6, 6.07) is 9.93. The van der Waals surface area contributed by atoms with Crippen molar-refractivity contribution in [1.29, 1.82) is 0 Å². The average Bonchev–Trinajstić information content (AvgIpc) is 2.66. The number of carbonyl (C=O) groups is 2. The van der Waals surface area contributed by atoms with Crippen molar-refractivity contribution in [2.75, 3.05) is 26.1 Å². The van der Waals surface area contributed by atoms with Crippen molar-refractivity contribution in [2.24, 2.45) is 0 Å². The number of nitrogens with one attached hydrogen (secondary N) is 2. The maximum absolute atomic E-state index is 12.7. The molecular weight excluding hydrogens is 400 g/mol. The van der Waals surface area contributed by atoms with Gasteiger partial charge >= 0.3 is 0 Å². The molecule has 0 heterocycles. The summed E-state index contributed by atoms with van der Waals surface area (Å²) >= 11 is 3.36. The second kappa shape index (κ2) is 9.05. The number of hydrogen-bond donors (Lipinski definition) is 2. The third-order valence-corrected chi connectivity index (χ3v) is 4.32. The summed E-state index contributed by atoms with van der Waals surface area (Å²) in [5, 5.41) is 5.45. The lowest BCUT2D eigenvalue weighted by molar-refractivity contribution is 0.0959. The Bertz CT molecular complexity index is 811. The Morgan fingerprint density at radius 2 is 1.73 bits per heavy atom. The fourth-order valence-corrected chi connectivity index (χ4v) is 2.80. The standard InChI is InChI=1S/C19H19BrN2O4/c1-4-9-21-19(24)13-7-5-6-8-14(13)22-18(23)12-10-15(25-2)17(20)16(11-12)26-3/h4-8,10-11H,1,9H2,2-3H3,(H,21,24)(H,22,23). The molecule has 0 unspecified atom stereocenters. The molecule has 2 aromatic rings. The maximum atomic E-state index is 12.7. The Labute approximate surface area is 160 Å². The van der Waals surface area contributed by atoms with Crippen LogP contribution in [0.3, 0.4) is 0 Å². The predicted molar refractivity (Wildman–Crippen MR) is 104 cm³/mol. The highest BCUT2D eigenvalue weighted by molar-refractivity contribution is 9.10. The van der Waals surface area contributed by atoms with E-state index in [1.54, 1.807) is 42.5 Å². The van der Waals surface area contributed by atoms with Crippen LogP contribution in [-0.2, 0) is 0 Å². The first-order chi connectivity index (χ1) is 12.5. The normalized spacial score (nSPS) is 9.96. The van der Waals surface area contributed by atoms with E-state index in [1.807, 2.05) is 0 Å². The van der Waals surface area contributed by atoms with Gasteiger partial charge in [-0.25, -0.2) is 0 Å². The van der Waals surface area contributed by atoms with E-state index < -0.39 is 5.91 Å². The molecule has 0 aromatic heterocycles. The van der Waals surface area contributed by atoms with E-state index in [4.69, 9.17) is 9.47 Å². The van der Waals surface area contributed by atoms with Crippen molar-refractivity contribution < 1.29 is 19.1 Å². The van der Waals surface area contributed by atoms with Crippen molar-refractivity contribution in [1.82, 2.24) is 5.32 Å². The number of halogens is 1. The van der Waals surface area contributed by atoms with Crippen LogP contribution in [0.4, 0.5) is 5.69 Å². The van der Waals surface area contributed by atoms with Crippen LogP contribution in [0.5, 0.6) is 11.5 Å². The SMILES string of the molecule is C=CCNC(=O)c1ccccc1NC(=O)c1cc(OC)c(Br)c(OC)c1. The largest absolute Gasteiger partial charge is 0.495 e. The molecule has 2 N–H and O–H groups in total. The summed E-state index contributed by atoms with van der Waals surface area (Å²) < 4.78 is 11.1. The summed E-state index contributed by atoms with van der Waals surface area (Å²) in [5.74, 6) is 0.239. The molecule has 0 atom stereocenters. The van der Waals surface area contributed by atoms with Crippen molar-refractivity contribution in [3.63, 3.8) is 0 Å². The molecule has 0 aliphatic rings. The van der Waals surface area contributed by atoms with Crippen LogP contribution in [-0.4, -0.2) is 32.6 Å². The molecule has 0 aliphatic heterocycles. The number of ether oxygens (including phenoxy) is 2. The van der Waals surface area contributed by atoms with E-state index in [2.05, 4.69) is 33.1 Å². The molecule has 0 aliphatic carbocycles. The van der Waals surface area contributed by atoms with Crippen molar-refractivity contribution in [3.8, 4) is 11.5 Å². The smallest absolute Gasteiger partial charge is 0.255 e. The van der Waals surface area contributed by atoms with E-state index in [1.165, 1.54) is 14.2 Å². The third-order valence-electron chi connectivity index (χ3n) is 3.53. The van der Waals surface area contributed by atoms with Gasteiger partial charge in [0.2, 0.25) is 0 Å². The Hall–Kier alpha value is -2.80. The molecular formula is C19H19BrN2O4. The molecule has 2 aromatic carbocycles. The number of rotatable bonds is 7. The first-order valence-electron chi connectivity index (χ1n) is 7.72. The van der Waals surface area contributed by atoms with E-state index in [0.29, 0.717) is 39.3 Å². The number of anilines is 1. The maximum Gasteiger partial charge on any atom is 0.255 e. The van der Waals surface area contributed by atoms with Gasteiger partial charge < -0.3 is 20.1 Å². The van der Waals surface area contributed by atoms with Crippen LogP contribution in [0, 0.1) is 0 Å². The lowest BCUT2D eigenvalue weighted by atomic mass is 10.1. The van der Waals surface area contributed by atoms with E-state index in [0.717, 1.165) is 0 Å². The molecule has 0 fully saturated rings. The minimum absolute atomic E-state index is 0.299. The van der Waals surface area contributed by atoms with Gasteiger partial charge in [0.15, 0.2) is 0 Å². The average molecular weight is 419 g/mol. The molecule has 2 rings (SSSR count). The van der Waals surface area contributed by atoms with Crippen LogP contribution in [0.1, 0.15) is 20.7 Å². The monoisotopic (exact) mass is 418 g/mol. The van der Waals surface area contributed by atoms with Gasteiger partial charge in [-0.1, -0.05) is 18.2 Å². The number of para-hydroxylation sites is 1. The van der Waals surface area contributed by atoms with Gasteiger partial charge in [-0.2, -0.15) is 0 Å².